The Balaban J connectivity index is 2.00. The molecule has 0 amide bonds. The molecule has 1 atom stereocenters. The van der Waals surface area contributed by atoms with E-state index >= 15 is 0 Å². The van der Waals surface area contributed by atoms with E-state index in [1.807, 2.05) is 13.8 Å². The number of aryl methyl sites for hydroxylation is 2. The molecule has 1 aromatic heterocycles. The van der Waals surface area contributed by atoms with E-state index in [0.29, 0.717) is 5.56 Å². The van der Waals surface area contributed by atoms with Crippen molar-refractivity contribution < 1.29 is 23.0 Å². The first-order valence-electron chi connectivity index (χ1n) is 6.56. The van der Waals surface area contributed by atoms with Gasteiger partial charge in [0.25, 0.3) is 0 Å². The number of ether oxygens (including phenoxy) is 1. The monoisotopic (exact) mass is 312 g/mol. The van der Waals surface area contributed by atoms with Crippen LogP contribution in [0.2, 0.25) is 0 Å². The van der Waals surface area contributed by atoms with E-state index in [0.717, 1.165) is 23.4 Å². The van der Waals surface area contributed by atoms with Crippen molar-refractivity contribution in [2.75, 3.05) is 6.61 Å². The fourth-order valence-electron chi connectivity index (χ4n) is 1.75. The minimum Gasteiger partial charge on any atom is -0.473 e. The van der Waals surface area contributed by atoms with Gasteiger partial charge < -0.3 is 9.84 Å². The quantitative estimate of drug-likeness (QED) is 0.942. The largest absolute Gasteiger partial charge is 0.473 e. The predicted molar refractivity (Wildman–Crippen MR) is 73.4 cm³/mol. The van der Waals surface area contributed by atoms with Gasteiger partial charge in [0.2, 0.25) is 5.88 Å². The lowest BCUT2D eigenvalue weighted by molar-refractivity contribution is -0.137. The normalized spacial score (nSPS) is 13.0. The number of aliphatic hydroxyl groups is 1. The van der Waals surface area contributed by atoms with Crippen molar-refractivity contribution in [3.8, 4) is 5.88 Å². The molecule has 2 rings (SSSR count). The summed E-state index contributed by atoms with van der Waals surface area (Å²) in [7, 11) is 0. The average Bonchev–Trinajstić information content (AvgIpc) is 2.47. The number of benzene rings is 1. The molecular weight excluding hydrogens is 297 g/mol. The maximum absolute atomic E-state index is 12.5. The van der Waals surface area contributed by atoms with Gasteiger partial charge in [-0.25, -0.2) is 0 Å². The molecule has 1 N–H and O–H groups in total. The first-order valence-corrected chi connectivity index (χ1v) is 6.56. The molecule has 2 aromatic rings. The molecule has 7 heteroatoms. The first-order chi connectivity index (χ1) is 10.3. The van der Waals surface area contributed by atoms with E-state index in [9.17, 15) is 18.3 Å². The number of nitrogens with zero attached hydrogens (tertiary/aromatic N) is 2. The van der Waals surface area contributed by atoms with Crippen LogP contribution in [0.1, 0.15) is 28.5 Å². The van der Waals surface area contributed by atoms with E-state index in [1.54, 1.807) is 6.07 Å². The standard InChI is InChI=1S/C15H15F3N2O2/c1-9-7-14(20-19-10(9)2)22-8-13(21)11-3-5-12(6-4-11)15(16,17)18/h3-7,13,21H,8H2,1-2H3/t13-/m0/s1. The number of hydrogen-bond acceptors (Lipinski definition) is 4. The zero-order chi connectivity index (χ0) is 16.3. The molecule has 0 spiro atoms. The highest BCUT2D eigenvalue weighted by atomic mass is 19.4. The van der Waals surface area contributed by atoms with Gasteiger partial charge >= 0.3 is 6.18 Å². The molecule has 0 unspecified atom stereocenters. The Bertz CT molecular complexity index is 642. The third-order valence-corrected chi connectivity index (χ3v) is 3.22. The van der Waals surface area contributed by atoms with E-state index < -0.39 is 17.8 Å². The van der Waals surface area contributed by atoms with Gasteiger partial charge in [-0.05, 0) is 37.1 Å². The van der Waals surface area contributed by atoms with Crippen LogP contribution in [0.3, 0.4) is 0 Å². The van der Waals surface area contributed by atoms with Crippen molar-refractivity contribution in [2.45, 2.75) is 26.1 Å². The summed E-state index contributed by atoms with van der Waals surface area (Å²) in [5, 5.41) is 17.7. The third kappa shape index (κ3) is 3.94. The van der Waals surface area contributed by atoms with Crippen LogP contribution in [0.15, 0.2) is 30.3 Å². The summed E-state index contributed by atoms with van der Waals surface area (Å²) in [6, 6.07) is 5.98. The summed E-state index contributed by atoms with van der Waals surface area (Å²) >= 11 is 0. The molecule has 1 heterocycles. The fourth-order valence-corrected chi connectivity index (χ4v) is 1.75. The van der Waals surface area contributed by atoms with Crippen LogP contribution in [0.4, 0.5) is 13.2 Å². The van der Waals surface area contributed by atoms with E-state index in [-0.39, 0.29) is 12.5 Å². The summed E-state index contributed by atoms with van der Waals surface area (Å²) in [5.74, 6) is 0.258. The number of alkyl halides is 3. The molecule has 1 aromatic carbocycles. The van der Waals surface area contributed by atoms with E-state index in [2.05, 4.69) is 10.2 Å². The van der Waals surface area contributed by atoms with Crippen molar-refractivity contribution in [3.63, 3.8) is 0 Å². The SMILES string of the molecule is Cc1cc(OC[C@H](O)c2ccc(C(F)(F)F)cc2)nnc1C. The molecule has 0 bridgehead atoms. The molecule has 4 nitrogen and oxygen atoms in total. The van der Waals surface area contributed by atoms with Crippen LogP contribution in [-0.4, -0.2) is 21.9 Å². The molecule has 0 aliphatic rings. The second kappa shape index (κ2) is 6.31. The molecule has 0 aliphatic carbocycles. The summed E-state index contributed by atoms with van der Waals surface area (Å²) in [6.07, 6.45) is -5.44. The lowest BCUT2D eigenvalue weighted by Crippen LogP contribution is -2.12. The number of aromatic nitrogens is 2. The van der Waals surface area contributed by atoms with E-state index in [4.69, 9.17) is 4.74 Å². The highest BCUT2D eigenvalue weighted by molar-refractivity contribution is 5.26. The first kappa shape index (κ1) is 16.2. The molecule has 0 saturated carbocycles. The van der Waals surface area contributed by atoms with Crippen LogP contribution < -0.4 is 4.74 Å². The van der Waals surface area contributed by atoms with Crippen LogP contribution in [0.25, 0.3) is 0 Å². The Labute approximate surface area is 125 Å². The summed E-state index contributed by atoms with van der Waals surface area (Å²) in [6.45, 7) is 3.54. The van der Waals surface area contributed by atoms with Crippen molar-refractivity contribution in [1.29, 1.82) is 0 Å². The lowest BCUT2D eigenvalue weighted by Gasteiger charge is -2.13. The van der Waals surface area contributed by atoms with E-state index in [1.165, 1.54) is 12.1 Å². The molecule has 0 radical (unpaired) electrons. The maximum atomic E-state index is 12.5. The van der Waals surface area contributed by atoms with Gasteiger partial charge in [-0.2, -0.15) is 18.3 Å². The Kier molecular flexibility index (Phi) is 4.65. The minimum atomic E-state index is -4.39. The number of hydrogen-bond donors (Lipinski definition) is 1. The molecule has 0 saturated heterocycles. The van der Waals surface area contributed by atoms with Gasteiger partial charge in [0, 0.05) is 6.07 Å². The number of rotatable bonds is 4. The highest BCUT2D eigenvalue weighted by Crippen LogP contribution is 2.30. The fraction of sp³-hybridized carbons (Fsp3) is 0.333. The maximum Gasteiger partial charge on any atom is 0.416 e. The van der Waals surface area contributed by atoms with Gasteiger partial charge in [0.05, 0.1) is 11.3 Å². The zero-order valence-electron chi connectivity index (χ0n) is 12.1. The molecule has 0 aliphatic heterocycles. The average molecular weight is 312 g/mol. The second-order valence-corrected chi connectivity index (χ2v) is 4.90. The van der Waals surface area contributed by atoms with Gasteiger partial charge in [-0.1, -0.05) is 12.1 Å². The Morgan fingerprint density at radius 2 is 1.77 bits per heavy atom. The van der Waals surface area contributed by atoms with Crippen LogP contribution in [0, 0.1) is 13.8 Å². The predicted octanol–water partition coefficient (Wildman–Crippen LogP) is 3.22. The van der Waals surface area contributed by atoms with Crippen LogP contribution >= 0.6 is 0 Å². The smallest absolute Gasteiger partial charge is 0.416 e. The Morgan fingerprint density at radius 1 is 1.14 bits per heavy atom. The summed E-state index contributed by atoms with van der Waals surface area (Å²) in [4.78, 5) is 0. The van der Waals surface area contributed by atoms with Crippen molar-refractivity contribution in [2.24, 2.45) is 0 Å². The summed E-state index contributed by atoms with van der Waals surface area (Å²) in [5.41, 5.74) is 1.25. The minimum absolute atomic E-state index is 0.122. The Morgan fingerprint density at radius 3 is 2.32 bits per heavy atom. The Hall–Kier alpha value is -2.15. The van der Waals surface area contributed by atoms with Gasteiger partial charge in [0.1, 0.15) is 12.7 Å². The molecular formula is C15H15F3N2O2. The highest BCUT2D eigenvalue weighted by Gasteiger charge is 2.30. The number of aliphatic hydroxyl groups excluding tert-OH is 1. The van der Waals surface area contributed by atoms with Gasteiger partial charge in [0.15, 0.2) is 0 Å². The summed E-state index contributed by atoms with van der Waals surface area (Å²) < 4.78 is 42.7. The lowest BCUT2D eigenvalue weighted by atomic mass is 10.1. The number of halogens is 3. The van der Waals surface area contributed by atoms with Crippen LogP contribution in [-0.2, 0) is 6.18 Å². The molecule has 0 fully saturated rings. The molecule has 118 valence electrons. The molecule has 22 heavy (non-hydrogen) atoms. The van der Waals surface area contributed by atoms with Crippen molar-refractivity contribution >= 4 is 0 Å². The van der Waals surface area contributed by atoms with Gasteiger partial charge in [-0.15, -0.1) is 5.10 Å². The van der Waals surface area contributed by atoms with Crippen molar-refractivity contribution in [3.05, 3.63) is 52.7 Å². The topological polar surface area (TPSA) is 55.2 Å². The second-order valence-electron chi connectivity index (χ2n) is 4.90. The zero-order valence-corrected chi connectivity index (χ0v) is 12.1. The van der Waals surface area contributed by atoms with Crippen LogP contribution in [0.5, 0.6) is 5.88 Å². The van der Waals surface area contributed by atoms with Crippen molar-refractivity contribution in [1.82, 2.24) is 10.2 Å². The third-order valence-electron chi connectivity index (χ3n) is 3.22. The van der Waals surface area contributed by atoms with Gasteiger partial charge in [-0.3, -0.25) is 0 Å².